The number of rotatable bonds is 9. The van der Waals surface area contributed by atoms with Gasteiger partial charge in [-0.2, -0.15) is 0 Å². The second-order valence-electron chi connectivity index (χ2n) is 9.14. The van der Waals surface area contributed by atoms with E-state index in [9.17, 15) is 18.0 Å². The molecule has 2 aromatic rings. The van der Waals surface area contributed by atoms with Crippen molar-refractivity contribution in [3.63, 3.8) is 0 Å². The highest BCUT2D eigenvalue weighted by atomic mass is 35.5. The van der Waals surface area contributed by atoms with Crippen molar-refractivity contribution in [1.82, 2.24) is 10.2 Å². The number of hydrogen-bond donors (Lipinski definition) is 1. The number of halogens is 4. The van der Waals surface area contributed by atoms with Gasteiger partial charge in [0, 0.05) is 38.2 Å². The minimum Gasteiger partial charge on any atom is -0.352 e. The Hall–Kier alpha value is -1.71. The van der Waals surface area contributed by atoms with Crippen LogP contribution < -0.4 is 9.62 Å². The predicted octanol–water partition coefficient (Wildman–Crippen LogP) is 5.93. The monoisotopic (exact) mass is 607 g/mol. The van der Waals surface area contributed by atoms with E-state index in [1.54, 1.807) is 25.1 Å². The van der Waals surface area contributed by atoms with E-state index in [1.165, 1.54) is 23.1 Å². The van der Waals surface area contributed by atoms with Crippen molar-refractivity contribution in [2.45, 2.75) is 57.7 Å². The molecule has 0 radical (unpaired) electrons. The number of hydrogen-bond acceptors (Lipinski definition) is 4. The van der Waals surface area contributed by atoms with Crippen molar-refractivity contribution in [2.24, 2.45) is 0 Å². The summed E-state index contributed by atoms with van der Waals surface area (Å²) in [7, 11) is -3.92. The molecule has 1 atom stereocenters. The summed E-state index contributed by atoms with van der Waals surface area (Å²) in [6.07, 6.45) is 5.92. The smallest absolute Gasteiger partial charge is 0.244 e. The van der Waals surface area contributed by atoms with Crippen molar-refractivity contribution < 1.29 is 18.0 Å². The summed E-state index contributed by atoms with van der Waals surface area (Å²) in [6.45, 7) is 0.922. The molecule has 0 spiro atoms. The molecule has 1 N–H and O–H groups in total. The number of carbonyl (C=O) groups is 2. The Balaban J connectivity index is 1.94. The van der Waals surface area contributed by atoms with Crippen LogP contribution in [0.2, 0.25) is 20.1 Å². The van der Waals surface area contributed by atoms with Gasteiger partial charge in [-0.15, -0.1) is 0 Å². The molecule has 1 saturated carbocycles. The van der Waals surface area contributed by atoms with Crippen molar-refractivity contribution in [2.75, 3.05) is 17.1 Å². The van der Waals surface area contributed by atoms with Crippen LogP contribution in [0.5, 0.6) is 0 Å². The molecule has 0 unspecified atom stereocenters. The Labute approximate surface area is 238 Å². The van der Waals surface area contributed by atoms with Crippen LogP contribution in [0.15, 0.2) is 36.4 Å². The van der Waals surface area contributed by atoms with E-state index in [-0.39, 0.29) is 34.2 Å². The van der Waals surface area contributed by atoms with Crippen molar-refractivity contribution in [3.05, 3.63) is 62.1 Å². The maximum absolute atomic E-state index is 13.7. The minimum absolute atomic E-state index is 0.0330. The first kappa shape index (κ1) is 29.8. The van der Waals surface area contributed by atoms with Crippen LogP contribution in [-0.2, 0) is 26.2 Å². The molecule has 3 rings (SSSR count). The first-order chi connectivity index (χ1) is 17.4. The molecule has 37 heavy (non-hydrogen) atoms. The zero-order valence-electron chi connectivity index (χ0n) is 20.5. The summed E-state index contributed by atoms with van der Waals surface area (Å²) >= 11 is 24.9. The Kier molecular flexibility index (Phi) is 10.4. The molecular formula is C25H29Cl4N3O4S. The quantitative estimate of drug-likeness (QED) is 0.382. The fourth-order valence-corrected chi connectivity index (χ4v) is 6.17. The van der Waals surface area contributed by atoms with Crippen LogP contribution in [0.4, 0.5) is 5.69 Å². The van der Waals surface area contributed by atoms with E-state index in [0.717, 1.165) is 42.7 Å². The van der Waals surface area contributed by atoms with E-state index < -0.39 is 28.5 Å². The molecule has 1 aliphatic carbocycles. The molecule has 0 aliphatic heterocycles. The van der Waals surface area contributed by atoms with Gasteiger partial charge in [0.1, 0.15) is 12.6 Å². The number of anilines is 1. The summed E-state index contributed by atoms with van der Waals surface area (Å²) in [6, 6.07) is 8.31. The Bertz CT molecular complexity index is 1210. The Morgan fingerprint density at radius 2 is 1.57 bits per heavy atom. The van der Waals surface area contributed by atoms with Crippen LogP contribution in [0, 0.1) is 0 Å². The third kappa shape index (κ3) is 8.14. The summed E-state index contributed by atoms with van der Waals surface area (Å²) in [5.41, 5.74) is 0.580. The molecule has 2 amide bonds. The highest BCUT2D eigenvalue weighted by Crippen LogP contribution is 2.29. The number of benzene rings is 2. The molecule has 0 bridgehead atoms. The molecule has 2 aromatic carbocycles. The van der Waals surface area contributed by atoms with E-state index in [2.05, 4.69) is 5.32 Å². The Morgan fingerprint density at radius 1 is 1.00 bits per heavy atom. The summed E-state index contributed by atoms with van der Waals surface area (Å²) in [5, 5.41) is 4.11. The average molecular weight is 609 g/mol. The second-order valence-corrected chi connectivity index (χ2v) is 12.7. The van der Waals surface area contributed by atoms with Gasteiger partial charge in [0.25, 0.3) is 0 Å². The SMILES string of the molecule is C[C@H](C(=O)NC1CCCCC1)N(Cc1c(Cl)cccc1Cl)C(=O)CN(c1cc(Cl)cc(Cl)c1)S(C)(=O)=O. The number of nitrogens with one attached hydrogen (secondary N) is 1. The van der Waals surface area contributed by atoms with E-state index in [1.807, 2.05) is 0 Å². The average Bonchev–Trinajstić information content (AvgIpc) is 2.81. The molecular weight excluding hydrogens is 580 g/mol. The zero-order valence-corrected chi connectivity index (χ0v) is 24.4. The zero-order chi connectivity index (χ0) is 27.3. The van der Waals surface area contributed by atoms with Gasteiger partial charge < -0.3 is 10.2 Å². The van der Waals surface area contributed by atoms with Crippen LogP contribution in [0.3, 0.4) is 0 Å². The van der Waals surface area contributed by atoms with Crippen LogP contribution in [0.1, 0.15) is 44.6 Å². The van der Waals surface area contributed by atoms with Crippen LogP contribution in [0.25, 0.3) is 0 Å². The maximum atomic E-state index is 13.7. The fraction of sp³-hybridized carbons (Fsp3) is 0.440. The number of sulfonamides is 1. The number of amides is 2. The molecule has 0 heterocycles. The lowest BCUT2D eigenvalue weighted by Crippen LogP contribution is -2.53. The Morgan fingerprint density at radius 3 is 2.11 bits per heavy atom. The van der Waals surface area contributed by atoms with Gasteiger partial charge in [0.2, 0.25) is 21.8 Å². The first-order valence-electron chi connectivity index (χ1n) is 11.8. The van der Waals surface area contributed by atoms with Gasteiger partial charge >= 0.3 is 0 Å². The number of carbonyl (C=O) groups excluding carboxylic acids is 2. The molecule has 0 aromatic heterocycles. The fourth-order valence-electron chi connectivity index (χ4n) is 4.30. The lowest BCUT2D eigenvalue weighted by Gasteiger charge is -2.33. The second kappa shape index (κ2) is 12.9. The standard InChI is InChI=1S/C25H29Cl4N3O4S/c1-16(25(34)30-19-7-4-3-5-8-19)31(14-21-22(28)9-6-10-23(21)29)24(33)15-32(37(2,35)36)20-12-17(26)11-18(27)13-20/h6,9-13,16,19H,3-5,7-8,14-15H2,1-2H3,(H,30,34)/t16-/m1/s1. The molecule has 12 heteroatoms. The van der Waals surface area contributed by atoms with Gasteiger partial charge in [-0.25, -0.2) is 8.42 Å². The van der Waals surface area contributed by atoms with Crippen molar-refractivity contribution in [3.8, 4) is 0 Å². The summed E-state index contributed by atoms with van der Waals surface area (Å²) < 4.78 is 26.3. The topological polar surface area (TPSA) is 86.8 Å². The van der Waals surface area contributed by atoms with E-state index in [4.69, 9.17) is 46.4 Å². The lowest BCUT2D eigenvalue weighted by atomic mass is 9.95. The summed E-state index contributed by atoms with van der Waals surface area (Å²) in [5.74, 6) is -0.955. The van der Waals surface area contributed by atoms with Gasteiger partial charge in [-0.3, -0.25) is 13.9 Å². The third-order valence-electron chi connectivity index (χ3n) is 6.32. The summed E-state index contributed by atoms with van der Waals surface area (Å²) in [4.78, 5) is 28.2. The largest absolute Gasteiger partial charge is 0.352 e. The van der Waals surface area contributed by atoms with E-state index >= 15 is 0 Å². The van der Waals surface area contributed by atoms with Gasteiger partial charge in [-0.05, 0) is 50.1 Å². The molecule has 1 fully saturated rings. The normalized spacial score (nSPS) is 15.2. The molecule has 0 saturated heterocycles. The predicted molar refractivity (Wildman–Crippen MR) is 150 cm³/mol. The minimum atomic E-state index is -3.92. The van der Waals surface area contributed by atoms with Crippen molar-refractivity contribution >= 4 is 73.9 Å². The van der Waals surface area contributed by atoms with Crippen molar-refractivity contribution in [1.29, 1.82) is 0 Å². The maximum Gasteiger partial charge on any atom is 0.244 e. The van der Waals surface area contributed by atoms with Gasteiger partial charge in [0.15, 0.2) is 0 Å². The highest BCUT2D eigenvalue weighted by Gasteiger charge is 2.32. The first-order valence-corrected chi connectivity index (χ1v) is 15.2. The lowest BCUT2D eigenvalue weighted by molar-refractivity contribution is -0.139. The highest BCUT2D eigenvalue weighted by molar-refractivity contribution is 7.92. The van der Waals surface area contributed by atoms with Gasteiger partial charge in [-0.1, -0.05) is 71.7 Å². The number of nitrogens with zero attached hydrogens (tertiary/aromatic N) is 2. The molecule has 1 aliphatic rings. The third-order valence-corrected chi connectivity index (χ3v) is 8.61. The van der Waals surface area contributed by atoms with Crippen LogP contribution >= 0.6 is 46.4 Å². The van der Waals surface area contributed by atoms with Crippen LogP contribution in [-0.4, -0.2) is 50.0 Å². The van der Waals surface area contributed by atoms with Gasteiger partial charge in [0.05, 0.1) is 11.9 Å². The molecule has 202 valence electrons. The molecule has 7 nitrogen and oxygen atoms in total. The van der Waals surface area contributed by atoms with E-state index in [0.29, 0.717) is 15.6 Å².